The van der Waals surface area contributed by atoms with Gasteiger partial charge in [-0.2, -0.15) is 0 Å². The van der Waals surface area contributed by atoms with Crippen molar-refractivity contribution in [3.63, 3.8) is 0 Å². The molecule has 0 saturated heterocycles. The van der Waals surface area contributed by atoms with Gasteiger partial charge in [-0.15, -0.1) is 0 Å². The lowest BCUT2D eigenvalue weighted by Gasteiger charge is -1.90. The molecular weight excluding hydrogens is 344 g/mol. The van der Waals surface area contributed by atoms with E-state index in [4.69, 9.17) is 0 Å². The van der Waals surface area contributed by atoms with Gasteiger partial charge in [0.05, 0.1) is 0 Å². The highest BCUT2D eigenvalue weighted by atomic mass is 14.8. The van der Waals surface area contributed by atoms with Crippen LogP contribution < -0.4 is 21.4 Å². The zero-order valence-corrected chi connectivity index (χ0v) is 15.3. The molecule has 28 heavy (non-hydrogen) atoms. The molecule has 1 aliphatic heterocycles. The van der Waals surface area contributed by atoms with Crippen molar-refractivity contribution in [2.45, 2.75) is 0 Å². The van der Waals surface area contributed by atoms with Crippen LogP contribution in [0.4, 0.5) is 0 Å². The van der Waals surface area contributed by atoms with Gasteiger partial charge < -0.3 is 19.9 Å². The lowest BCUT2D eigenvalue weighted by atomic mass is 10.2. The summed E-state index contributed by atoms with van der Waals surface area (Å²) in [5.41, 5.74) is 6.25. The van der Waals surface area contributed by atoms with Crippen molar-refractivity contribution in [1.29, 1.82) is 0 Å². The monoisotopic (exact) mass is 364 g/mol. The Labute approximate surface area is 161 Å². The lowest BCUT2D eigenvalue weighted by Crippen LogP contribution is -2.12. The van der Waals surface area contributed by atoms with E-state index in [0.717, 1.165) is 55.3 Å². The molecule has 0 radical (unpaired) electrons. The average Bonchev–Trinajstić information content (AvgIpc) is 3.45. The van der Waals surface area contributed by atoms with Crippen LogP contribution in [0.1, 0.15) is 33.9 Å². The first-order chi connectivity index (χ1) is 13.7. The van der Waals surface area contributed by atoms with Crippen LogP contribution in [0.3, 0.4) is 0 Å². The van der Waals surface area contributed by atoms with E-state index in [9.17, 15) is 0 Å². The van der Waals surface area contributed by atoms with E-state index in [2.05, 4.69) is 93.8 Å². The second-order valence-electron chi connectivity index (χ2n) is 6.91. The summed E-state index contributed by atoms with van der Waals surface area (Å²) < 4.78 is 0. The van der Waals surface area contributed by atoms with Crippen LogP contribution in [0.25, 0.3) is 36.5 Å². The molecule has 1 aliphatic rings. The Kier molecular flexibility index (Phi) is 3.69. The highest BCUT2D eigenvalue weighted by Crippen LogP contribution is 2.06. The van der Waals surface area contributed by atoms with E-state index in [-0.39, 0.29) is 0 Å². The zero-order valence-electron chi connectivity index (χ0n) is 15.3. The molecule has 0 atom stereocenters. The van der Waals surface area contributed by atoms with Gasteiger partial charge in [0.25, 0.3) is 0 Å². The van der Waals surface area contributed by atoms with Crippen LogP contribution in [-0.2, 0) is 0 Å². The fraction of sp³-hybridized carbons (Fsp3) is 0. The molecule has 0 aliphatic carbocycles. The molecule has 0 spiro atoms. The van der Waals surface area contributed by atoms with Gasteiger partial charge in [-0.05, 0) is 71.8 Å². The summed E-state index contributed by atoms with van der Waals surface area (Å²) >= 11 is 0. The minimum Gasteiger partial charge on any atom is -0.355 e. The van der Waals surface area contributed by atoms with Crippen molar-refractivity contribution >= 4 is 36.5 Å². The highest BCUT2D eigenvalue weighted by molar-refractivity contribution is 5.61. The van der Waals surface area contributed by atoms with E-state index in [1.165, 1.54) is 0 Å². The summed E-state index contributed by atoms with van der Waals surface area (Å²) in [5.74, 6) is 0. The molecule has 0 unspecified atom stereocenters. The van der Waals surface area contributed by atoms with Crippen LogP contribution in [0, 0.1) is 0 Å². The SMILES string of the molecule is C=Cc1cc2[nH]c1=Cc1ccc([nH]1)C=c1[nH]c(cc1C=C)=Cc1ccc([nH]1)C=2. The van der Waals surface area contributed by atoms with Gasteiger partial charge >= 0.3 is 0 Å². The number of aromatic amines is 4. The molecule has 4 nitrogen and oxygen atoms in total. The minimum atomic E-state index is 1.02. The number of rotatable bonds is 2. The summed E-state index contributed by atoms with van der Waals surface area (Å²) in [6.07, 6.45) is 12.1. The predicted octanol–water partition coefficient (Wildman–Crippen LogP) is 1.91. The fourth-order valence-corrected chi connectivity index (χ4v) is 3.59. The van der Waals surface area contributed by atoms with E-state index < -0.39 is 0 Å². The molecule has 0 fully saturated rings. The molecule has 0 saturated carbocycles. The van der Waals surface area contributed by atoms with Crippen LogP contribution >= 0.6 is 0 Å². The maximum Gasteiger partial charge on any atom is 0.0479 e. The maximum atomic E-state index is 3.94. The van der Waals surface area contributed by atoms with Crippen LogP contribution in [0.2, 0.25) is 0 Å². The second-order valence-corrected chi connectivity index (χ2v) is 6.91. The second kappa shape index (κ2) is 6.35. The van der Waals surface area contributed by atoms with Crippen molar-refractivity contribution in [2.24, 2.45) is 0 Å². The summed E-state index contributed by atoms with van der Waals surface area (Å²) in [4.78, 5) is 13.8. The van der Waals surface area contributed by atoms with Crippen molar-refractivity contribution in [3.8, 4) is 0 Å². The van der Waals surface area contributed by atoms with Gasteiger partial charge in [-0.1, -0.05) is 25.3 Å². The summed E-state index contributed by atoms with van der Waals surface area (Å²) in [6.45, 7) is 7.89. The molecule has 4 N–H and O–H groups in total. The van der Waals surface area contributed by atoms with Gasteiger partial charge in [0.15, 0.2) is 0 Å². The van der Waals surface area contributed by atoms with Crippen molar-refractivity contribution < 1.29 is 0 Å². The molecule has 4 aromatic rings. The Morgan fingerprint density at radius 2 is 0.929 bits per heavy atom. The van der Waals surface area contributed by atoms with E-state index >= 15 is 0 Å². The maximum absolute atomic E-state index is 3.94. The fourth-order valence-electron chi connectivity index (χ4n) is 3.59. The molecular formula is C24H20N4. The number of hydrogen-bond acceptors (Lipinski definition) is 0. The smallest absolute Gasteiger partial charge is 0.0479 e. The van der Waals surface area contributed by atoms with Gasteiger partial charge in [0.1, 0.15) is 0 Å². The molecule has 4 heteroatoms. The largest absolute Gasteiger partial charge is 0.355 e. The minimum absolute atomic E-state index is 1.02. The molecule has 5 heterocycles. The number of H-pyrrole nitrogens is 4. The van der Waals surface area contributed by atoms with Gasteiger partial charge in [0.2, 0.25) is 0 Å². The average molecular weight is 364 g/mol. The number of aromatic nitrogens is 4. The van der Waals surface area contributed by atoms with Gasteiger partial charge in [0, 0.05) is 44.2 Å². The lowest BCUT2D eigenvalue weighted by molar-refractivity contribution is 1.23. The van der Waals surface area contributed by atoms with Crippen molar-refractivity contribution in [1.82, 2.24) is 19.9 Å². The van der Waals surface area contributed by atoms with Crippen LogP contribution in [0.5, 0.6) is 0 Å². The van der Waals surface area contributed by atoms with Crippen LogP contribution in [-0.4, -0.2) is 19.9 Å². The zero-order chi connectivity index (χ0) is 19.1. The van der Waals surface area contributed by atoms with Gasteiger partial charge in [-0.3, -0.25) is 0 Å². The first-order valence-corrected chi connectivity index (χ1v) is 9.18. The highest BCUT2D eigenvalue weighted by Gasteiger charge is 2.02. The van der Waals surface area contributed by atoms with E-state index in [1.54, 1.807) is 0 Å². The number of fused-ring (bicyclic) bond motifs is 8. The standard InChI is InChI=1S/C24H20N4/c1-3-15-9-21-11-17-5-6-18(25-17)12-22-10-16(4-2)24(28-22)14-20-8-7-19(26-20)13-23(15)27-21/h3-14,25-28H,1-2H2. The predicted molar refractivity (Wildman–Crippen MR) is 116 cm³/mol. The molecule has 0 aromatic carbocycles. The van der Waals surface area contributed by atoms with E-state index in [0.29, 0.717) is 0 Å². The van der Waals surface area contributed by atoms with Crippen molar-refractivity contribution in [3.05, 3.63) is 105 Å². The Bertz CT molecular complexity index is 1340. The third-order valence-corrected chi connectivity index (χ3v) is 4.93. The summed E-state index contributed by atoms with van der Waals surface area (Å²) in [5, 5.41) is 4.09. The van der Waals surface area contributed by atoms with E-state index in [1.807, 2.05) is 12.2 Å². The number of nitrogens with one attached hydrogen (secondary N) is 4. The third kappa shape index (κ3) is 2.91. The Balaban J connectivity index is 1.83. The first kappa shape index (κ1) is 16.3. The summed E-state index contributed by atoms with van der Waals surface area (Å²) in [7, 11) is 0. The first-order valence-electron chi connectivity index (χ1n) is 9.18. The molecule has 4 aromatic heterocycles. The quantitative estimate of drug-likeness (QED) is 0.370. The Morgan fingerprint density at radius 1 is 0.536 bits per heavy atom. The molecule has 136 valence electrons. The Hall–Kier alpha value is -3.92. The molecule has 8 bridgehead atoms. The topological polar surface area (TPSA) is 63.2 Å². The normalized spacial score (nSPS) is 12.3. The number of hydrogen-bond donors (Lipinski definition) is 4. The van der Waals surface area contributed by atoms with Crippen molar-refractivity contribution in [2.75, 3.05) is 0 Å². The molecule has 0 amide bonds. The molecule has 5 rings (SSSR count). The van der Waals surface area contributed by atoms with Gasteiger partial charge in [-0.25, -0.2) is 0 Å². The summed E-state index contributed by atoms with van der Waals surface area (Å²) in [6, 6.07) is 12.5. The third-order valence-electron chi connectivity index (χ3n) is 4.93. The van der Waals surface area contributed by atoms with Crippen LogP contribution in [0.15, 0.2) is 49.6 Å². The Morgan fingerprint density at radius 3 is 1.32 bits per heavy atom.